The number of aromatic nitrogens is 3. The van der Waals surface area contributed by atoms with Crippen molar-refractivity contribution in [2.45, 2.75) is 26.8 Å². The Morgan fingerprint density at radius 1 is 1.55 bits per heavy atom. The van der Waals surface area contributed by atoms with Gasteiger partial charge in [0.15, 0.2) is 0 Å². The highest BCUT2D eigenvalue weighted by atomic mass is 32.1. The second-order valence-electron chi connectivity index (χ2n) is 4.24. The number of hydrogen-bond donors (Lipinski definition) is 1. The third kappa shape index (κ3) is 3.57. The molecule has 2 aromatic heterocycles. The van der Waals surface area contributed by atoms with Crippen molar-refractivity contribution >= 4 is 22.5 Å². The Labute approximate surface area is 121 Å². The SMILES string of the molecule is CCOC(=O)c1c(C)nsc1NCCCn1cccn1. The molecule has 20 heavy (non-hydrogen) atoms. The summed E-state index contributed by atoms with van der Waals surface area (Å²) in [6, 6.07) is 1.90. The zero-order valence-electron chi connectivity index (χ0n) is 11.6. The van der Waals surface area contributed by atoms with Gasteiger partial charge in [0, 0.05) is 25.5 Å². The molecule has 0 bridgehead atoms. The van der Waals surface area contributed by atoms with Crippen LogP contribution in [0.4, 0.5) is 5.00 Å². The Hall–Kier alpha value is -1.89. The predicted molar refractivity (Wildman–Crippen MR) is 78.1 cm³/mol. The molecule has 0 fully saturated rings. The van der Waals surface area contributed by atoms with Crippen LogP contribution in [0, 0.1) is 6.92 Å². The number of nitrogens with one attached hydrogen (secondary N) is 1. The van der Waals surface area contributed by atoms with E-state index in [0.717, 1.165) is 24.5 Å². The molecule has 0 saturated heterocycles. The molecule has 2 aromatic rings. The fraction of sp³-hybridized carbons (Fsp3) is 0.462. The smallest absolute Gasteiger partial charge is 0.343 e. The van der Waals surface area contributed by atoms with Crippen LogP contribution in [-0.4, -0.2) is 33.3 Å². The van der Waals surface area contributed by atoms with Gasteiger partial charge in [0.25, 0.3) is 0 Å². The van der Waals surface area contributed by atoms with Crippen LogP contribution >= 0.6 is 11.5 Å². The fourth-order valence-corrected chi connectivity index (χ4v) is 2.62. The van der Waals surface area contributed by atoms with Crippen molar-refractivity contribution in [3.8, 4) is 0 Å². The molecule has 0 saturated carbocycles. The predicted octanol–water partition coefficient (Wildman–Crippen LogP) is 2.33. The van der Waals surface area contributed by atoms with E-state index in [2.05, 4.69) is 14.8 Å². The molecular formula is C13H18N4O2S. The molecular weight excluding hydrogens is 276 g/mol. The van der Waals surface area contributed by atoms with Crippen LogP contribution in [0.25, 0.3) is 0 Å². The molecule has 6 nitrogen and oxygen atoms in total. The lowest BCUT2D eigenvalue weighted by Crippen LogP contribution is -2.11. The maximum absolute atomic E-state index is 11.9. The Morgan fingerprint density at radius 3 is 3.10 bits per heavy atom. The van der Waals surface area contributed by atoms with Crippen molar-refractivity contribution in [3.63, 3.8) is 0 Å². The second kappa shape index (κ2) is 7.04. The van der Waals surface area contributed by atoms with Gasteiger partial charge in [-0.2, -0.15) is 9.47 Å². The summed E-state index contributed by atoms with van der Waals surface area (Å²) in [4.78, 5) is 11.9. The molecule has 0 unspecified atom stereocenters. The maximum Gasteiger partial charge on any atom is 0.343 e. The standard InChI is InChI=1S/C13H18N4O2S/c1-3-19-13(18)11-10(2)16-20-12(11)14-6-4-8-17-9-5-7-15-17/h5,7,9,14H,3-4,6,8H2,1-2H3. The molecule has 108 valence electrons. The number of esters is 1. The van der Waals surface area contributed by atoms with E-state index in [1.807, 2.05) is 23.9 Å². The van der Waals surface area contributed by atoms with E-state index in [1.165, 1.54) is 11.5 Å². The quantitative estimate of drug-likeness (QED) is 0.627. The number of carbonyl (C=O) groups is 1. The Morgan fingerprint density at radius 2 is 2.40 bits per heavy atom. The average molecular weight is 294 g/mol. The van der Waals surface area contributed by atoms with Gasteiger partial charge >= 0.3 is 5.97 Å². The number of carbonyl (C=O) groups excluding carboxylic acids is 1. The summed E-state index contributed by atoms with van der Waals surface area (Å²) in [6.07, 6.45) is 4.61. The van der Waals surface area contributed by atoms with E-state index in [1.54, 1.807) is 13.1 Å². The largest absolute Gasteiger partial charge is 0.462 e. The highest BCUT2D eigenvalue weighted by Crippen LogP contribution is 2.25. The monoisotopic (exact) mass is 294 g/mol. The summed E-state index contributed by atoms with van der Waals surface area (Å²) in [5, 5.41) is 8.17. The summed E-state index contributed by atoms with van der Waals surface area (Å²) in [7, 11) is 0. The normalized spacial score (nSPS) is 10.5. The highest BCUT2D eigenvalue weighted by molar-refractivity contribution is 7.10. The zero-order chi connectivity index (χ0) is 14.4. The molecule has 0 atom stereocenters. The minimum Gasteiger partial charge on any atom is -0.462 e. The van der Waals surface area contributed by atoms with Crippen molar-refractivity contribution < 1.29 is 9.53 Å². The molecule has 0 spiro atoms. The van der Waals surface area contributed by atoms with Crippen molar-refractivity contribution in [1.29, 1.82) is 0 Å². The van der Waals surface area contributed by atoms with Crippen molar-refractivity contribution in [2.75, 3.05) is 18.5 Å². The van der Waals surface area contributed by atoms with Gasteiger partial charge in [0.05, 0.1) is 12.3 Å². The number of rotatable bonds is 7. The van der Waals surface area contributed by atoms with Gasteiger partial charge in [-0.05, 0) is 37.9 Å². The van der Waals surface area contributed by atoms with Crippen LogP contribution < -0.4 is 5.32 Å². The Kier molecular flexibility index (Phi) is 5.11. The summed E-state index contributed by atoms with van der Waals surface area (Å²) >= 11 is 1.29. The van der Waals surface area contributed by atoms with Crippen molar-refractivity contribution in [2.24, 2.45) is 0 Å². The molecule has 2 heterocycles. The first-order valence-corrected chi connectivity index (χ1v) is 7.34. The Balaban J connectivity index is 1.88. The van der Waals surface area contributed by atoms with Gasteiger partial charge in [-0.15, -0.1) is 0 Å². The molecule has 2 rings (SSSR count). The van der Waals surface area contributed by atoms with Gasteiger partial charge in [-0.25, -0.2) is 4.79 Å². The molecule has 0 aliphatic heterocycles. The summed E-state index contributed by atoms with van der Waals surface area (Å²) < 4.78 is 11.1. The van der Waals surface area contributed by atoms with Gasteiger partial charge < -0.3 is 10.1 Å². The first-order valence-electron chi connectivity index (χ1n) is 6.57. The number of ether oxygens (including phenoxy) is 1. The van der Waals surface area contributed by atoms with Crippen LogP contribution in [0.2, 0.25) is 0 Å². The number of aryl methyl sites for hydroxylation is 2. The number of anilines is 1. The van der Waals surface area contributed by atoms with Gasteiger partial charge in [-0.3, -0.25) is 4.68 Å². The van der Waals surface area contributed by atoms with Gasteiger partial charge in [-0.1, -0.05) is 0 Å². The van der Waals surface area contributed by atoms with Crippen LogP contribution in [0.5, 0.6) is 0 Å². The number of hydrogen-bond acceptors (Lipinski definition) is 6. The Bertz CT molecular complexity index is 551. The van der Waals surface area contributed by atoms with E-state index < -0.39 is 0 Å². The lowest BCUT2D eigenvalue weighted by atomic mass is 10.2. The van der Waals surface area contributed by atoms with E-state index >= 15 is 0 Å². The lowest BCUT2D eigenvalue weighted by molar-refractivity contribution is 0.0527. The average Bonchev–Trinajstić information content (AvgIpc) is 3.05. The van der Waals surface area contributed by atoms with Crippen LogP contribution in [0.3, 0.4) is 0 Å². The molecule has 0 aromatic carbocycles. The van der Waals surface area contributed by atoms with Crippen molar-refractivity contribution in [3.05, 3.63) is 29.7 Å². The fourth-order valence-electron chi connectivity index (χ4n) is 1.81. The van der Waals surface area contributed by atoms with Crippen LogP contribution in [-0.2, 0) is 11.3 Å². The maximum atomic E-state index is 11.9. The lowest BCUT2D eigenvalue weighted by Gasteiger charge is -2.07. The molecule has 0 aliphatic carbocycles. The molecule has 7 heteroatoms. The summed E-state index contributed by atoms with van der Waals surface area (Å²) in [6.45, 7) is 5.58. The summed E-state index contributed by atoms with van der Waals surface area (Å²) in [5.41, 5.74) is 1.26. The topological polar surface area (TPSA) is 69.0 Å². The van der Waals surface area contributed by atoms with Gasteiger partial charge in [0.2, 0.25) is 0 Å². The first kappa shape index (κ1) is 14.5. The van der Waals surface area contributed by atoms with E-state index in [0.29, 0.717) is 17.9 Å². The molecule has 0 aliphatic rings. The minimum absolute atomic E-state index is 0.312. The van der Waals surface area contributed by atoms with E-state index in [9.17, 15) is 4.79 Å². The number of nitrogens with zero attached hydrogens (tertiary/aromatic N) is 3. The van der Waals surface area contributed by atoms with E-state index in [-0.39, 0.29) is 5.97 Å². The van der Waals surface area contributed by atoms with Crippen molar-refractivity contribution in [1.82, 2.24) is 14.2 Å². The second-order valence-corrected chi connectivity index (χ2v) is 5.02. The zero-order valence-corrected chi connectivity index (χ0v) is 12.4. The third-order valence-electron chi connectivity index (χ3n) is 2.75. The van der Waals surface area contributed by atoms with Gasteiger partial charge in [0.1, 0.15) is 10.6 Å². The highest BCUT2D eigenvalue weighted by Gasteiger charge is 2.19. The van der Waals surface area contributed by atoms with Crippen LogP contribution in [0.1, 0.15) is 29.4 Å². The van der Waals surface area contributed by atoms with E-state index in [4.69, 9.17) is 4.74 Å². The minimum atomic E-state index is -0.312. The molecule has 0 radical (unpaired) electrons. The first-order chi connectivity index (χ1) is 9.72. The molecule has 0 amide bonds. The van der Waals surface area contributed by atoms with Crippen LogP contribution in [0.15, 0.2) is 18.5 Å². The summed E-state index contributed by atoms with van der Waals surface area (Å²) in [5.74, 6) is -0.312. The molecule has 1 N–H and O–H groups in total. The third-order valence-corrected chi connectivity index (χ3v) is 3.65.